The second kappa shape index (κ2) is 9.66. The van der Waals surface area contributed by atoms with Gasteiger partial charge < -0.3 is 24.4 Å². The lowest BCUT2D eigenvalue weighted by Gasteiger charge is -2.42. The number of carbonyl (C=O) groups excluding carboxylic acids is 3. The van der Waals surface area contributed by atoms with Gasteiger partial charge in [-0.1, -0.05) is 41.3 Å². The van der Waals surface area contributed by atoms with Crippen molar-refractivity contribution in [2.75, 3.05) is 19.8 Å². The number of hydrogen-bond donors (Lipinski definition) is 1. The van der Waals surface area contributed by atoms with Gasteiger partial charge in [-0.3, -0.25) is 14.4 Å². The lowest BCUT2D eigenvalue weighted by molar-refractivity contribution is -0.156. The van der Waals surface area contributed by atoms with Crippen molar-refractivity contribution >= 4 is 33.7 Å². The first kappa shape index (κ1) is 24.7. The van der Waals surface area contributed by atoms with Gasteiger partial charge in [0, 0.05) is 17.4 Å². The van der Waals surface area contributed by atoms with Gasteiger partial charge in [-0.15, -0.1) is 6.58 Å². The van der Waals surface area contributed by atoms with E-state index in [2.05, 4.69) is 22.5 Å². The Morgan fingerprint density at radius 2 is 2.09 bits per heavy atom. The van der Waals surface area contributed by atoms with Gasteiger partial charge in [0.15, 0.2) is 0 Å². The number of nitrogens with zero attached hydrogens (tertiary/aromatic N) is 2. The Kier molecular flexibility index (Phi) is 7.22. The average Bonchev–Trinajstić information content (AvgIpc) is 3.40. The first-order chi connectivity index (χ1) is 15.8. The fraction of sp³-hybridized carbons (Fsp3) is 0.792. The van der Waals surface area contributed by atoms with E-state index in [0.717, 1.165) is 32.1 Å². The van der Waals surface area contributed by atoms with Crippen LogP contribution < -0.4 is 0 Å². The molecule has 4 aliphatic rings. The van der Waals surface area contributed by atoms with Crippen molar-refractivity contribution in [1.82, 2.24) is 9.80 Å². The predicted molar refractivity (Wildman–Crippen MR) is 125 cm³/mol. The van der Waals surface area contributed by atoms with E-state index in [1.165, 1.54) is 4.90 Å². The van der Waals surface area contributed by atoms with Crippen LogP contribution in [0.2, 0.25) is 0 Å². The number of ether oxygens (including phenoxy) is 2. The Morgan fingerprint density at radius 3 is 2.70 bits per heavy atom. The summed E-state index contributed by atoms with van der Waals surface area (Å²) in [6.07, 6.45) is 6.76. The summed E-state index contributed by atoms with van der Waals surface area (Å²) in [6, 6.07) is -1.40. The van der Waals surface area contributed by atoms with Crippen LogP contribution in [-0.2, 0) is 23.9 Å². The number of rotatable bonds is 8. The van der Waals surface area contributed by atoms with Crippen molar-refractivity contribution in [2.24, 2.45) is 11.8 Å². The molecule has 2 bridgehead atoms. The standard InChI is InChI=1S/C24H35BrN2O6/c1-4-11-26(15-9-7-6-8-10-15)22(30)20-24-12-16(25)19(33-24)17(23(31)32-5-2)18(24)21(29)27(20)14(3)13-28/h4,14-20,28H,1,5-13H2,2-3H3/t14-,16?,17+,18-,19+,20+,24-/m1/s1. The van der Waals surface area contributed by atoms with Crippen LogP contribution in [0.25, 0.3) is 0 Å². The molecule has 3 aliphatic heterocycles. The Morgan fingerprint density at radius 1 is 1.39 bits per heavy atom. The van der Waals surface area contributed by atoms with Gasteiger partial charge >= 0.3 is 5.97 Å². The third kappa shape index (κ3) is 3.84. The van der Waals surface area contributed by atoms with Gasteiger partial charge in [0.1, 0.15) is 11.6 Å². The number of hydrogen-bond acceptors (Lipinski definition) is 6. The Bertz CT molecular complexity index is 802. The van der Waals surface area contributed by atoms with E-state index in [9.17, 15) is 19.5 Å². The number of aliphatic hydroxyl groups is 1. The molecular weight excluding hydrogens is 492 g/mol. The average molecular weight is 527 g/mol. The van der Waals surface area contributed by atoms with Gasteiger partial charge in [-0.25, -0.2) is 0 Å². The minimum atomic E-state index is -1.12. The summed E-state index contributed by atoms with van der Waals surface area (Å²) in [5.41, 5.74) is -1.12. The molecule has 0 aromatic rings. The van der Waals surface area contributed by atoms with Gasteiger partial charge in [0.05, 0.1) is 37.2 Å². The molecule has 2 amide bonds. The summed E-state index contributed by atoms with van der Waals surface area (Å²) >= 11 is 3.65. The van der Waals surface area contributed by atoms with Crippen LogP contribution >= 0.6 is 15.9 Å². The fourth-order valence-corrected chi connectivity index (χ4v) is 7.47. The minimum Gasteiger partial charge on any atom is -0.466 e. The number of halogens is 1. The number of alkyl halides is 1. The maximum absolute atomic E-state index is 14.2. The minimum absolute atomic E-state index is 0.0836. The highest BCUT2D eigenvalue weighted by atomic mass is 79.9. The molecule has 3 saturated heterocycles. The van der Waals surface area contributed by atoms with Crippen molar-refractivity contribution in [2.45, 2.75) is 87.0 Å². The topological polar surface area (TPSA) is 96.4 Å². The summed E-state index contributed by atoms with van der Waals surface area (Å²) in [7, 11) is 0. The van der Waals surface area contributed by atoms with Crippen molar-refractivity contribution in [3.05, 3.63) is 12.7 Å². The van der Waals surface area contributed by atoms with Crippen LogP contribution in [0, 0.1) is 11.8 Å². The Hall–Kier alpha value is -1.45. The molecule has 1 saturated carbocycles. The van der Waals surface area contributed by atoms with Gasteiger partial charge in [0.2, 0.25) is 11.8 Å². The molecule has 3 heterocycles. The molecule has 9 heteroatoms. The zero-order chi connectivity index (χ0) is 23.9. The van der Waals surface area contributed by atoms with E-state index >= 15 is 0 Å². The van der Waals surface area contributed by atoms with Gasteiger partial charge in [-0.2, -0.15) is 0 Å². The number of fused-ring (bicyclic) bond motifs is 1. The number of amides is 2. The van der Waals surface area contributed by atoms with Crippen LogP contribution in [0.3, 0.4) is 0 Å². The van der Waals surface area contributed by atoms with Crippen molar-refractivity contribution in [3.8, 4) is 0 Å². The second-order valence-electron chi connectivity index (χ2n) is 9.76. The zero-order valence-corrected chi connectivity index (χ0v) is 21.0. The van der Waals surface area contributed by atoms with Gasteiger partial charge in [0.25, 0.3) is 0 Å². The lowest BCUT2D eigenvalue weighted by atomic mass is 9.70. The molecule has 1 spiro atoms. The monoisotopic (exact) mass is 526 g/mol. The van der Waals surface area contributed by atoms with Crippen LogP contribution in [0.15, 0.2) is 12.7 Å². The van der Waals surface area contributed by atoms with E-state index < -0.39 is 41.6 Å². The highest BCUT2D eigenvalue weighted by molar-refractivity contribution is 9.09. The lowest BCUT2D eigenvalue weighted by Crippen LogP contribution is -2.60. The molecular formula is C24H35BrN2O6. The SMILES string of the molecule is C=CCN(C(=O)[C@@H]1N([C@H](C)CO)C(=O)[C@H]2[C@H](C(=O)OCC)[C@H]3O[C@@]12CC3Br)C1CCCCC1. The Labute approximate surface area is 203 Å². The van der Waals surface area contributed by atoms with Crippen LogP contribution in [-0.4, -0.2) is 87.1 Å². The molecule has 0 aromatic carbocycles. The number of likely N-dealkylation sites (tertiary alicyclic amines) is 1. The summed E-state index contributed by atoms with van der Waals surface area (Å²) in [5.74, 6) is -2.52. The van der Waals surface area contributed by atoms with E-state index in [-0.39, 0.29) is 35.9 Å². The second-order valence-corrected chi connectivity index (χ2v) is 10.9. The quantitative estimate of drug-likeness (QED) is 0.295. The first-order valence-corrected chi connectivity index (χ1v) is 13.1. The van der Waals surface area contributed by atoms with Crippen LogP contribution in [0.5, 0.6) is 0 Å². The maximum atomic E-state index is 14.2. The summed E-state index contributed by atoms with van der Waals surface area (Å²) in [6.45, 7) is 7.62. The fourth-order valence-electron chi connectivity index (χ4n) is 6.52. The van der Waals surface area contributed by atoms with E-state index in [1.807, 2.05) is 4.90 Å². The molecule has 4 rings (SSSR count). The largest absolute Gasteiger partial charge is 0.466 e. The van der Waals surface area contributed by atoms with Crippen molar-refractivity contribution in [3.63, 3.8) is 0 Å². The van der Waals surface area contributed by atoms with Crippen molar-refractivity contribution in [1.29, 1.82) is 0 Å². The highest BCUT2D eigenvalue weighted by Gasteiger charge is 2.77. The molecule has 7 atom stereocenters. The number of aliphatic hydroxyl groups excluding tert-OH is 1. The normalized spacial score (nSPS) is 36.5. The number of esters is 1. The number of carbonyl (C=O) groups is 3. The summed E-state index contributed by atoms with van der Waals surface area (Å²) in [4.78, 5) is 44.1. The Balaban J connectivity index is 1.76. The zero-order valence-electron chi connectivity index (χ0n) is 19.5. The molecule has 1 aliphatic carbocycles. The molecule has 1 unspecified atom stereocenters. The van der Waals surface area contributed by atoms with E-state index in [1.54, 1.807) is 19.9 Å². The molecule has 0 radical (unpaired) electrons. The third-order valence-electron chi connectivity index (χ3n) is 7.88. The van der Waals surface area contributed by atoms with Crippen LogP contribution in [0.1, 0.15) is 52.4 Å². The molecule has 1 N–H and O–H groups in total. The van der Waals surface area contributed by atoms with Gasteiger partial charge in [-0.05, 0) is 33.1 Å². The molecule has 8 nitrogen and oxygen atoms in total. The van der Waals surface area contributed by atoms with E-state index in [0.29, 0.717) is 13.0 Å². The first-order valence-electron chi connectivity index (χ1n) is 12.1. The van der Waals surface area contributed by atoms with E-state index in [4.69, 9.17) is 9.47 Å². The summed E-state index contributed by atoms with van der Waals surface area (Å²) < 4.78 is 11.8. The predicted octanol–water partition coefficient (Wildman–Crippen LogP) is 2.03. The molecule has 4 fully saturated rings. The van der Waals surface area contributed by atoms with Crippen LogP contribution in [0.4, 0.5) is 0 Å². The smallest absolute Gasteiger partial charge is 0.312 e. The van der Waals surface area contributed by atoms with Crippen molar-refractivity contribution < 1.29 is 29.0 Å². The maximum Gasteiger partial charge on any atom is 0.312 e. The highest BCUT2D eigenvalue weighted by Crippen LogP contribution is 2.60. The molecule has 0 aromatic heterocycles. The summed E-state index contributed by atoms with van der Waals surface area (Å²) in [5, 5.41) is 9.97. The molecule has 184 valence electrons. The molecule has 33 heavy (non-hydrogen) atoms. The third-order valence-corrected chi connectivity index (χ3v) is 8.73.